The number of fused-ring (bicyclic) bond motifs is 1. The standard InChI is InChI=1S/C13H16N2O2S2/c1-9(14-10-6-7-19(16,17)8-10)13-15-11-4-2-3-5-12(11)18-13/h2-5,9-10,14H,6-8H2,1H3. The molecule has 6 heteroatoms. The molecule has 0 saturated carbocycles. The summed E-state index contributed by atoms with van der Waals surface area (Å²) in [6.45, 7) is 2.04. The number of hydrogen-bond donors (Lipinski definition) is 1. The number of nitrogens with zero attached hydrogens (tertiary/aromatic N) is 1. The van der Waals surface area contributed by atoms with E-state index in [2.05, 4.69) is 16.4 Å². The molecule has 1 aliphatic rings. The van der Waals surface area contributed by atoms with Gasteiger partial charge in [-0.3, -0.25) is 0 Å². The lowest BCUT2D eigenvalue weighted by atomic mass is 10.2. The normalized spacial score (nSPS) is 23.7. The van der Waals surface area contributed by atoms with Gasteiger partial charge in [-0.05, 0) is 25.5 Å². The van der Waals surface area contributed by atoms with Crippen molar-refractivity contribution in [2.24, 2.45) is 0 Å². The van der Waals surface area contributed by atoms with Gasteiger partial charge in [-0.1, -0.05) is 12.1 Å². The topological polar surface area (TPSA) is 59.1 Å². The van der Waals surface area contributed by atoms with Crippen molar-refractivity contribution in [3.05, 3.63) is 29.3 Å². The van der Waals surface area contributed by atoms with E-state index in [-0.39, 0.29) is 17.8 Å². The smallest absolute Gasteiger partial charge is 0.151 e. The van der Waals surface area contributed by atoms with Gasteiger partial charge in [-0.25, -0.2) is 13.4 Å². The number of para-hydroxylation sites is 1. The largest absolute Gasteiger partial charge is 0.304 e. The van der Waals surface area contributed by atoms with Crippen molar-refractivity contribution < 1.29 is 8.42 Å². The van der Waals surface area contributed by atoms with Crippen molar-refractivity contribution in [3.8, 4) is 0 Å². The van der Waals surface area contributed by atoms with Crippen LogP contribution in [-0.4, -0.2) is 30.9 Å². The van der Waals surface area contributed by atoms with Gasteiger partial charge in [-0.15, -0.1) is 11.3 Å². The summed E-state index contributed by atoms with van der Waals surface area (Å²) in [6, 6.07) is 8.20. The molecule has 3 rings (SSSR count). The van der Waals surface area contributed by atoms with Crippen molar-refractivity contribution in [2.75, 3.05) is 11.5 Å². The van der Waals surface area contributed by atoms with E-state index in [4.69, 9.17) is 0 Å². The summed E-state index contributed by atoms with van der Waals surface area (Å²) in [4.78, 5) is 4.60. The molecule has 1 aromatic heterocycles. The Labute approximate surface area is 116 Å². The van der Waals surface area contributed by atoms with Crippen LogP contribution >= 0.6 is 11.3 Å². The third-order valence-electron chi connectivity index (χ3n) is 3.40. The molecule has 0 aliphatic carbocycles. The Hall–Kier alpha value is -0.980. The Morgan fingerprint density at radius 3 is 2.89 bits per heavy atom. The first kappa shape index (κ1) is 13.0. The fraction of sp³-hybridized carbons (Fsp3) is 0.462. The third-order valence-corrected chi connectivity index (χ3v) is 6.39. The highest BCUT2D eigenvalue weighted by Gasteiger charge is 2.29. The van der Waals surface area contributed by atoms with E-state index in [1.807, 2.05) is 25.1 Å². The molecule has 0 radical (unpaired) electrons. The van der Waals surface area contributed by atoms with Crippen LogP contribution in [-0.2, 0) is 9.84 Å². The Morgan fingerprint density at radius 2 is 2.21 bits per heavy atom. The lowest BCUT2D eigenvalue weighted by Crippen LogP contribution is -2.32. The lowest BCUT2D eigenvalue weighted by molar-refractivity contribution is 0.484. The second-order valence-electron chi connectivity index (χ2n) is 5.01. The maximum absolute atomic E-state index is 11.4. The summed E-state index contributed by atoms with van der Waals surface area (Å²) in [6.07, 6.45) is 0.706. The predicted molar refractivity (Wildman–Crippen MR) is 78.2 cm³/mol. The van der Waals surface area contributed by atoms with Crippen molar-refractivity contribution in [2.45, 2.75) is 25.4 Å². The molecule has 1 aromatic carbocycles. The highest BCUT2D eigenvalue weighted by atomic mass is 32.2. The molecule has 1 saturated heterocycles. The summed E-state index contributed by atoms with van der Waals surface area (Å²) < 4.78 is 24.1. The summed E-state index contributed by atoms with van der Waals surface area (Å²) in [5.41, 5.74) is 1.01. The summed E-state index contributed by atoms with van der Waals surface area (Å²) in [5.74, 6) is 0.555. The molecule has 1 aliphatic heterocycles. The van der Waals surface area contributed by atoms with Crippen LogP contribution in [0.15, 0.2) is 24.3 Å². The van der Waals surface area contributed by atoms with Crippen molar-refractivity contribution in [3.63, 3.8) is 0 Å². The molecule has 2 atom stereocenters. The van der Waals surface area contributed by atoms with E-state index in [0.29, 0.717) is 12.2 Å². The summed E-state index contributed by atoms with van der Waals surface area (Å²) in [5, 5.41) is 4.40. The Morgan fingerprint density at radius 1 is 1.42 bits per heavy atom. The number of thiazole rings is 1. The average Bonchev–Trinajstić information content (AvgIpc) is 2.92. The van der Waals surface area contributed by atoms with Crippen LogP contribution in [0.25, 0.3) is 10.2 Å². The van der Waals surface area contributed by atoms with Gasteiger partial charge in [0.25, 0.3) is 0 Å². The van der Waals surface area contributed by atoms with Crippen molar-refractivity contribution in [1.82, 2.24) is 10.3 Å². The van der Waals surface area contributed by atoms with E-state index in [0.717, 1.165) is 10.5 Å². The molecule has 0 bridgehead atoms. The van der Waals surface area contributed by atoms with Crippen LogP contribution in [0.5, 0.6) is 0 Å². The molecule has 0 spiro atoms. The fourth-order valence-corrected chi connectivity index (χ4v) is 5.09. The van der Waals surface area contributed by atoms with Gasteiger partial charge in [0.1, 0.15) is 5.01 Å². The molecular weight excluding hydrogens is 280 g/mol. The van der Waals surface area contributed by atoms with E-state index in [1.165, 1.54) is 4.70 Å². The van der Waals surface area contributed by atoms with Gasteiger partial charge in [0.2, 0.25) is 0 Å². The van der Waals surface area contributed by atoms with E-state index in [9.17, 15) is 8.42 Å². The van der Waals surface area contributed by atoms with Gasteiger partial charge in [0, 0.05) is 6.04 Å². The molecule has 4 nitrogen and oxygen atoms in total. The van der Waals surface area contributed by atoms with Crippen molar-refractivity contribution >= 4 is 31.4 Å². The number of benzene rings is 1. The zero-order valence-electron chi connectivity index (χ0n) is 10.7. The molecule has 0 amide bonds. The fourth-order valence-electron chi connectivity index (χ4n) is 2.43. The Kier molecular flexibility index (Phi) is 3.32. The number of aromatic nitrogens is 1. The second-order valence-corrected chi connectivity index (χ2v) is 8.30. The van der Waals surface area contributed by atoms with Crippen LogP contribution in [0, 0.1) is 0 Å². The van der Waals surface area contributed by atoms with Crippen LogP contribution in [0.4, 0.5) is 0 Å². The van der Waals surface area contributed by atoms with E-state index < -0.39 is 9.84 Å². The number of sulfone groups is 1. The molecule has 1 fully saturated rings. The zero-order valence-corrected chi connectivity index (χ0v) is 12.3. The maximum Gasteiger partial charge on any atom is 0.151 e. The lowest BCUT2D eigenvalue weighted by Gasteiger charge is -2.15. The van der Waals surface area contributed by atoms with Crippen LogP contribution in [0.1, 0.15) is 24.4 Å². The Bertz CT molecular complexity index is 660. The van der Waals surface area contributed by atoms with E-state index >= 15 is 0 Å². The van der Waals surface area contributed by atoms with Gasteiger partial charge < -0.3 is 5.32 Å². The minimum Gasteiger partial charge on any atom is -0.304 e. The third kappa shape index (κ3) is 2.80. The average molecular weight is 296 g/mol. The molecule has 2 unspecified atom stereocenters. The molecule has 19 heavy (non-hydrogen) atoms. The molecular formula is C13H16N2O2S2. The zero-order chi connectivity index (χ0) is 13.5. The van der Waals surface area contributed by atoms with Crippen LogP contribution < -0.4 is 5.32 Å². The number of rotatable bonds is 3. The number of nitrogens with one attached hydrogen (secondary N) is 1. The van der Waals surface area contributed by atoms with Gasteiger partial charge >= 0.3 is 0 Å². The molecule has 2 aromatic rings. The minimum absolute atomic E-state index is 0.0620. The van der Waals surface area contributed by atoms with Gasteiger partial charge in [0.15, 0.2) is 9.84 Å². The maximum atomic E-state index is 11.4. The summed E-state index contributed by atoms with van der Waals surface area (Å²) >= 11 is 1.67. The number of hydrogen-bond acceptors (Lipinski definition) is 5. The quantitative estimate of drug-likeness (QED) is 0.942. The van der Waals surface area contributed by atoms with Crippen LogP contribution in [0.3, 0.4) is 0 Å². The van der Waals surface area contributed by atoms with Gasteiger partial charge in [-0.2, -0.15) is 0 Å². The predicted octanol–water partition coefficient (Wildman–Crippen LogP) is 2.13. The highest BCUT2D eigenvalue weighted by molar-refractivity contribution is 7.91. The SMILES string of the molecule is CC(NC1CCS(=O)(=O)C1)c1nc2ccccc2s1. The minimum atomic E-state index is -2.83. The molecule has 102 valence electrons. The van der Waals surface area contributed by atoms with Gasteiger partial charge in [0.05, 0.1) is 27.8 Å². The molecule has 2 heterocycles. The monoisotopic (exact) mass is 296 g/mol. The summed E-state index contributed by atoms with van der Waals surface area (Å²) in [7, 11) is -2.83. The highest BCUT2D eigenvalue weighted by Crippen LogP contribution is 2.27. The van der Waals surface area contributed by atoms with Crippen LogP contribution in [0.2, 0.25) is 0 Å². The Balaban J connectivity index is 1.75. The first-order valence-electron chi connectivity index (χ1n) is 6.35. The van der Waals surface area contributed by atoms with Crippen molar-refractivity contribution in [1.29, 1.82) is 0 Å². The van der Waals surface area contributed by atoms with E-state index in [1.54, 1.807) is 11.3 Å². The first-order chi connectivity index (χ1) is 9.03. The second kappa shape index (κ2) is 4.85. The first-order valence-corrected chi connectivity index (χ1v) is 8.99. The molecule has 1 N–H and O–H groups in total.